The van der Waals surface area contributed by atoms with E-state index < -0.39 is 23.5 Å². The summed E-state index contributed by atoms with van der Waals surface area (Å²) in [6.07, 6.45) is -0.747. The van der Waals surface area contributed by atoms with Crippen molar-refractivity contribution in [3.63, 3.8) is 0 Å². The minimum absolute atomic E-state index is 0.100. The van der Waals surface area contributed by atoms with E-state index in [4.69, 9.17) is 10.1 Å². The van der Waals surface area contributed by atoms with Crippen molar-refractivity contribution >= 4 is 29.2 Å². The van der Waals surface area contributed by atoms with E-state index in [2.05, 4.69) is 16.0 Å². The van der Waals surface area contributed by atoms with Crippen molar-refractivity contribution in [2.24, 2.45) is 5.41 Å². The molecule has 4 N–H and O–H groups in total. The van der Waals surface area contributed by atoms with E-state index in [-0.39, 0.29) is 44.3 Å². The van der Waals surface area contributed by atoms with Gasteiger partial charge in [-0.3, -0.25) is 15.5 Å². The Morgan fingerprint density at radius 1 is 1.29 bits per heavy atom. The molecule has 1 spiro atoms. The van der Waals surface area contributed by atoms with Gasteiger partial charge in [0.2, 0.25) is 5.91 Å². The maximum atomic E-state index is 13.5. The zero-order valence-electron chi connectivity index (χ0n) is 16.5. The lowest BCUT2D eigenvalue weighted by Crippen LogP contribution is -2.39. The second kappa shape index (κ2) is 8.35. The van der Waals surface area contributed by atoms with Gasteiger partial charge in [0, 0.05) is 28.8 Å². The van der Waals surface area contributed by atoms with Crippen molar-refractivity contribution < 1.29 is 23.1 Å². The molecule has 1 aromatic heterocycles. The minimum Gasteiger partial charge on any atom is -0.444 e. The van der Waals surface area contributed by atoms with Crippen molar-refractivity contribution in [2.75, 3.05) is 6.54 Å². The molecule has 2 heterocycles. The van der Waals surface area contributed by atoms with Crippen LogP contribution in [0.2, 0.25) is 0 Å². The molecule has 4 rings (SSSR count). The smallest absolute Gasteiger partial charge is 0.413 e. The number of ether oxygens (including phenoxy) is 1. The van der Waals surface area contributed by atoms with E-state index >= 15 is 0 Å². The topological polar surface area (TPSA) is 103 Å². The molecule has 2 fully saturated rings. The molecule has 1 aromatic carbocycles. The number of hydrogen-bond donors (Lipinski definition) is 4. The lowest BCUT2D eigenvalue weighted by molar-refractivity contribution is -0.123. The average Bonchev–Trinajstić information content (AvgIpc) is 3.15. The van der Waals surface area contributed by atoms with Crippen molar-refractivity contribution in [3.05, 3.63) is 57.8 Å². The number of alkyl halides is 2. The van der Waals surface area contributed by atoms with Crippen molar-refractivity contribution in [2.45, 2.75) is 38.0 Å². The fourth-order valence-corrected chi connectivity index (χ4v) is 4.48. The van der Waals surface area contributed by atoms with Crippen LogP contribution in [-0.2, 0) is 22.7 Å². The van der Waals surface area contributed by atoms with Gasteiger partial charge in [0.05, 0.1) is 18.0 Å². The molecule has 0 radical (unpaired) electrons. The Morgan fingerprint density at radius 3 is 2.71 bits per heavy atom. The summed E-state index contributed by atoms with van der Waals surface area (Å²) in [6.45, 7) is 0.477. The monoisotopic (exact) mass is 448 g/mol. The molecule has 7 nitrogen and oxygen atoms in total. The summed E-state index contributed by atoms with van der Waals surface area (Å²) in [5.41, 5.74) is 0.272. The molecule has 31 heavy (non-hydrogen) atoms. The van der Waals surface area contributed by atoms with Crippen LogP contribution in [0.1, 0.15) is 28.8 Å². The van der Waals surface area contributed by atoms with E-state index in [1.807, 2.05) is 30.3 Å². The Kier molecular flexibility index (Phi) is 5.76. The number of hydrogen-bond acceptors (Lipinski definition) is 6. The summed E-state index contributed by atoms with van der Waals surface area (Å²) in [6, 6.07) is 10.3. The number of amidine groups is 1. The first kappa shape index (κ1) is 21.4. The molecule has 2 aromatic rings. The van der Waals surface area contributed by atoms with Crippen molar-refractivity contribution in [1.29, 1.82) is 5.41 Å². The molecule has 0 unspecified atom stereocenters. The van der Waals surface area contributed by atoms with Gasteiger partial charge >= 0.3 is 6.09 Å². The van der Waals surface area contributed by atoms with Gasteiger partial charge in [0.15, 0.2) is 0 Å². The number of rotatable bonds is 6. The van der Waals surface area contributed by atoms with Crippen LogP contribution < -0.4 is 16.0 Å². The second-order valence-electron chi connectivity index (χ2n) is 7.88. The highest BCUT2D eigenvalue weighted by molar-refractivity contribution is 7.10. The number of thiophene rings is 1. The Morgan fingerprint density at radius 2 is 2.03 bits per heavy atom. The predicted octanol–water partition coefficient (Wildman–Crippen LogP) is 3.00. The number of amides is 2. The lowest BCUT2D eigenvalue weighted by Gasteiger charge is -2.10. The van der Waals surface area contributed by atoms with Crippen LogP contribution in [0.15, 0.2) is 41.8 Å². The van der Waals surface area contributed by atoms with Crippen LogP contribution >= 0.6 is 11.3 Å². The first-order valence-corrected chi connectivity index (χ1v) is 10.7. The molecule has 1 saturated carbocycles. The van der Waals surface area contributed by atoms with E-state index in [1.54, 1.807) is 11.4 Å². The Labute approximate surface area is 181 Å². The summed E-state index contributed by atoms with van der Waals surface area (Å²) in [4.78, 5) is 24.9. The first-order chi connectivity index (χ1) is 14.8. The Hall–Kier alpha value is -2.85. The summed E-state index contributed by atoms with van der Waals surface area (Å²) in [5.74, 6) is -3.10. The Balaban J connectivity index is 1.21. The fourth-order valence-electron chi connectivity index (χ4n) is 3.67. The standard InChI is InChI=1S/C21H22F2N4O3S/c22-21(23)11-20(21)7-16(26-12-20)18(28)25-8-15-6-14(10-31-15)17(24)27-19(29)30-9-13-4-2-1-3-5-13/h1-6,10,16,26H,7-9,11-12H2,(H,25,28)(H2,24,27,29)/t16-,20+/m0/s1. The number of alkyl carbamates (subject to hydrolysis) is 1. The SMILES string of the molecule is N=C(NC(=O)OCc1ccccc1)c1csc(CNC(=O)[C@@H]2C[C@]3(CN2)CC3(F)F)c1. The van der Waals surface area contributed by atoms with Gasteiger partial charge in [-0.25, -0.2) is 13.6 Å². The van der Waals surface area contributed by atoms with Gasteiger partial charge in [0.1, 0.15) is 12.4 Å². The quantitative estimate of drug-likeness (QED) is 0.403. The van der Waals surface area contributed by atoms with Gasteiger partial charge in [-0.1, -0.05) is 30.3 Å². The maximum absolute atomic E-state index is 13.5. The van der Waals surface area contributed by atoms with Gasteiger partial charge in [-0.2, -0.15) is 0 Å². The Bertz CT molecular complexity index is 998. The van der Waals surface area contributed by atoms with Crippen LogP contribution in [0.4, 0.5) is 13.6 Å². The van der Waals surface area contributed by atoms with Gasteiger partial charge < -0.3 is 15.4 Å². The van der Waals surface area contributed by atoms with Crippen molar-refractivity contribution in [1.82, 2.24) is 16.0 Å². The lowest BCUT2D eigenvalue weighted by atomic mass is 10.0. The number of carbonyl (C=O) groups excluding carboxylic acids is 2. The normalized spacial score (nSPS) is 23.4. The molecule has 10 heteroatoms. The molecule has 0 bridgehead atoms. The van der Waals surface area contributed by atoms with Crippen molar-refractivity contribution in [3.8, 4) is 0 Å². The highest BCUT2D eigenvalue weighted by Crippen LogP contribution is 2.64. The largest absolute Gasteiger partial charge is 0.444 e. The first-order valence-electron chi connectivity index (χ1n) is 9.81. The van der Waals surface area contributed by atoms with Crippen LogP contribution in [0.3, 0.4) is 0 Å². The molecule has 2 amide bonds. The van der Waals surface area contributed by atoms with Gasteiger partial charge in [-0.05, 0) is 18.1 Å². The minimum atomic E-state index is -2.67. The van der Waals surface area contributed by atoms with E-state index in [0.717, 1.165) is 10.4 Å². The molecular weight excluding hydrogens is 426 g/mol. The third kappa shape index (κ3) is 4.75. The van der Waals surface area contributed by atoms with E-state index in [9.17, 15) is 18.4 Å². The van der Waals surface area contributed by atoms with E-state index in [0.29, 0.717) is 5.56 Å². The van der Waals surface area contributed by atoms with Gasteiger partial charge in [0.25, 0.3) is 5.92 Å². The average molecular weight is 448 g/mol. The molecule has 2 aliphatic rings. The summed E-state index contributed by atoms with van der Waals surface area (Å²) >= 11 is 1.32. The summed E-state index contributed by atoms with van der Waals surface area (Å²) in [5, 5.41) is 17.7. The van der Waals surface area contributed by atoms with Crippen LogP contribution in [-0.4, -0.2) is 36.3 Å². The molecule has 1 saturated heterocycles. The third-order valence-corrected chi connectivity index (χ3v) is 6.57. The number of halogens is 2. The second-order valence-corrected chi connectivity index (χ2v) is 8.88. The maximum Gasteiger partial charge on any atom is 0.413 e. The third-order valence-electron chi connectivity index (χ3n) is 5.63. The zero-order chi connectivity index (χ0) is 22.1. The molecule has 1 aliphatic heterocycles. The molecule has 1 aliphatic carbocycles. The van der Waals surface area contributed by atoms with Crippen LogP contribution in [0.5, 0.6) is 0 Å². The van der Waals surface area contributed by atoms with Crippen LogP contribution in [0, 0.1) is 10.8 Å². The fraction of sp³-hybridized carbons (Fsp3) is 0.381. The van der Waals surface area contributed by atoms with Gasteiger partial charge in [-0.15, -0.1) is 11.3 Å². The number of nitrogens with one attached hydrogen (secondary N) is 4. The summed E-state index contributed by atoms with van der Waals surface area (Å²) in [7, 11) is 0. The highest BCUT2D eigenvalue weighted by atomic mass is 32.1. The molecule has 164 valence electrons. The predicted molar refractivity (Wildman–Crippen MR) is 111 cm³/mol. The van der Waals surface area contributed by atoms with Crippen LogP contribution in [0.25, 0.3) is 0 Å². The molecular formula is C21H22F2N4O3S. The summed E-state index contributed by atoms with van der Waals surface area (Å²) < 4.78 is 32.0. The number of benzene rings is 1. The molecule has 2 atom stereocenters. The highest BCUT2D eigenvalue weighted by Gasteiger charge is 2.73. The number of carbonyl (C=O) groups is 2. The van der Waals surface area contributed by atoms with E-state index in [1.165, 1.54) is 11.3 Å². The zero-order valence-corrected chi connectivity index (χ0v) is 17.4.